The number of carbonyl (C=O) groups is 1. The van der Waals surface area contributed by atoms with E-state index in [0.717, 1.165) is 22.9 Å². The molecular formula is C16H15BrN2O. The molecule has 0 aliphatic heterocycles. The average molecular weight is 331 g/mol. The predicted molar refractivity (Wildman–Crippen MR) is 84.5 cm³/mol. The van der Waals surface area contributed by atoms with Crippen molar-refractivity contribution in [2.24, 2.45) is 0 Å². The zero-order valence-electron chi connectivity index (χ0n) is 10.9. The van der Waals surface area contributed by atoms with E-state index in [2.05, 4.69) is 21.2 Å². The highest BCUT2D eigenvalue weighted by molar-refractivity contribution is 9.10. The topological polar surface area (TPSA) is 55.1 Å². The van der Waals surface area contributed by atoms with Crippen LogP contribution in [0.3, 0.4) is 0 Å². The Morgan fingerprint density at radius 1 is 1.15 bits per heavy atom. The Balaban J connectivity index is 1.83. The lowest BCUT2D eigenvalue weighted by Gasteiger charge is -2.16. The maximum atomic E-state index is 12.6. The van der Waals surface area contributed by atoms with Crippen LogP contribution in [0.2, 0.25) is 0 Å². The van der Waals surface area contributed by atoms with Crippen molar-refractivity contribution in [3.05, 3.63) is 58.6 Å². The van der Waals surface area contributed by atoms with Crippen molar-refractivity contribution < 1.29 is 4.79 Å². The fourth-order valence-corrected chi connectivity index (χ4v) is 2.80. The van der Waals surface area contributed by atoms with Crippen molar-refractivity contribution in [2.45, 2.75) is 18.3 Å². The molecule has 1 fully saturated rings. The number of carbonyl (C=O) groups excluding carboxylic acids is 1. The summed E-state index contributed by atoms with van der Waals surface area (Å²) in [4.78, 5) is 12.6. The highest BCUT2D eigenvalue weighted by Gasteiger charge is 2.51. The van der Waals surface area contributed by atoms with Gasteiger partial charge in [-0.15, -0.1) is 0 Å². The minimum atomic E-state index is -0.374. The summed E-state index contributed by atoms with van der Waals surface area (Å²) in [7, 11) is 0. The summed E-state index contributed by atoms with van der Waals surface area (Å²) in [5.41, 5.74) is 7.86. The molecule has 3 nitrogen and oxygen atoms in total. The molecule has 0 bridgehead atoms. The molecule has 3 rings (SSSR count). The van der Waals surface area contributed by atoms with E-state index in [0.29, 0.717) is 11.4 Å². The van der Waals surface area contributed by atoms with Crippen LogP contribution in [0.1, 0.15) is 18.4 Å². The van der Waals surface area contributed by atoms with Gasteiger partial charge in [0.1, 0.15) is 0 Å². The van der Waals surface area contributed by atoms with Gasteiger partial charge in [-0.2, -0.15) is 0 Å². The third-order valence-electron chi connectivity index (χ3n) is 3.77. The lowest BCUT2D eigenvalue weighted by molar-refractivity contribution is -0.118. The monoisotopic (exact) mass is 330 g/mol. The quantitative estimate of drug-likeness (QED) is 0.843. The summed E-state index contributed by atoms with van der Waals surface area (Å²) >= 11 is 3.36. The molecular weight excluding hydrogens is 316 g/mol. The maximum absolute atomic E-state index is 12.6. The first-order chi connectivity index (χ1) is 9.62. The second-order valence-electron chi connectivity index (χ2n) is 5.13. The van der Waals surface area contributed by atoms with Gasteiger partial charge in [-0.3, -0.25) is 4.79 Å². The number of hydrogen-bond donors (Lipinski definition) is 2. The van der Waals surface area contributed by atoms with Crippen LogP contribution in [-0.4, -0.2) is 5.91 Å². The summed E-state index contributed by atoms with van der Waals surface area (Å²) in [6.45, 7) is 0. The van der Waals surface area contributed by atoms with Crippen LogP contribution in [-0.2, 0) is 10.2 Å². The number of hydrogen-bond acceptors (Lipinski definition) is 2. The van der Waals surface area contributed by atoms with Gasteiger partial charge in [0.2, 0.25) is 5.91 Å². The third kappa shape index (κ3) is 2.31. The Kier molecular flexibility index (Phi) is 3.26. The van der Waals surface area contributed by atoms with Crippen LogP contribution in [0, 0.1) is 0 Å². The van der Waals surface area contributed by atoms with Crippen LogP contribution in [0.15, 0.2) is 53.0 Å². The minimum Gasteiger partial charge on any atom is -0.397 e. The van der Waals surface area contributed by atoms with Gasteiger partial charge < -0.3 is 11.1 Å². The second kappa shape index (κ2) is 4.94. The van der Waals surface area contributed by atoms with Gasteiger partial charge in [-0.05, 0) is 36.6 Å². The number of nitrogens with one attached hydrogen (secondary N) is 1. The van der Waals surface area contributed by atoms with Gasteiger partial charge in [0.05, 0.1) is 16.8 Å². The van der Waals surface area contributed by atoms with E-state index in [4.69, 9.17) is 5.73 Å². The van der Waals surface area contributed by atoms with Gasteiger partial charge in [0.15, 0.2) is 0 Å². The number of nitrogens with two attached hydrogens (primary N) is 1. The molecule has 2 aromatic rings. The standard InChI is InChI=1S/C16H15BrN2O/c17-12-6-7-14(13(18)10-12)19-15(20)16(8-9-16)11-4-2-1-3-5-11/h1-7,10H,8-9,18H2,(H,19,20). The molecule has 1 saturated carbocycles. The maximum Gasteiger partial charge on any atom is 0.235 e. The van der Waals surface area contributed by atoms with E-state index < -0.39 is 0 Å². The normalized spacial score (nSPS) is 15.7. The summed E-state index contributed by atoms with van der Waals surface area (Å²) in [5, 5.41) is 2.95. The summed E-state index contributed by atoms with van der Waals surface area (Å²) in [6, 6.07) is 15.4. The molecule has 3 N–H and O–H groups in total. The Bertz CT molecular complexity index is 651. The fraction of sp³-hybridized carbons (Fsp3) is 0.188. The van der Waals surface area contributed by atoms with Crippen molar-refractivity contribution in [1.82, 2.24) is 0 Å². The first-order valence-electron chi connectivity index (χ1n) is 6.54. The summed E-state index contributed by atoms with van der Waals surface area (Å²) in [5.74, 6) is 0.0257. The Labute approximate surface area is 126 Å². The van der Waals surface area contributed by atoms with Gasteiger partial charge in [-0.25, -0.2) is 0 Å². The van der Waals surface area contributed by atoms with Crippen molar-refractivity contribution >= 4 is 33.2 Å². The van der Waals surface area contributed by atoms with Crippen LogP contribution < -0.4 is 11.1 Å². The van der Waals surface area contributed by atoms with Crippen LogP contribution in [0.5, 0.6) is 0 Å². The first-order valence-corrected chi connectivity index (χ1v) is 7.33. The Morgan fingerprint density at radius 3 is 2.45 bits per heavy atom. The summed E-state index contributed by atoms with van der Waals surface area (Å²) < 4.78 is 0.900. The molecule has 2 aromatic carbocycles. The van der Waals surface area contributed by atoms with E-state index in [1.807, 2.05) is 42.5 Å². The molecule has 0 atom stereocenters. The number of rotatable bonds is 3. The fourth-order valence-electron chi connectivity index (χ4n) is 2.42. The van der Waals surface area contributed by atoms with Crippen LogP contribution in [0.25, 0.3) is 0 Å². The van der Waals surface area contributed by atoms with Crippen molar-refractivity contribution in [2.75, 3.05) is 11.1 Å². The van der Waals surface area contributed by atoms with E-state index in [-0.39, 0.29) is 11.3 Å². The van der Waals surface area contributed by atoms with E-state index in [9.17, 15) is 4.79 Å². The molecule has 0 heterocycles. The average Bonchev–Trinajstić information content (AvgIpc) is 3.24. The molecule has 0 aromatic heterocycles. The van der Waals surface area contributed by atoms with Gasteiger partial charge in [0.25, 0.3) is 0 Å². The SMILES string of the molecule is Nc1cc(Br)ccc1NC(=O)C1(c2ccccc2)CC1. The molecule has 4 heteroatoms. The molecule has 0 saturated heterocycles. The molecule has 1 amide bonds. The number of nitrogen functional groups attached to an aromatic ring is 1. The minimum absolute atomic E-state index is 0.0257. The van der Waals surface area contributed by atoms with E-state index in [1.165, 1.54) is 0 Å². The highest BCUT2D eigenvalue weighted by Crippen LogP contribution is 2.49. The molecule has 0 radical (unpaired) electrons. The number of halogens is 1. The van der Waals surface area contributed by atoms with Crippen molar-refractivity contribution in [3.8, 4) is 0 Å². The van der Waals surface area contributed by atoms with Crippen LogP contribution >= 0.6 is 15.9 Å². The largest absolute Gasteiger partial charge is 0.397 e. The highest BCUT2D eigenvalue weighted by atomic mass is 79.9. The number of amides is 1. The number of anilines is 2. The third-order valence-corrected chi connectivity index (χ3v) is 4.27. The molecule has 0 spiro atoms. The second-order valence-corrected chi connectivity index (χ2v) is 6.05. The molecule has 102 valence electrons. The Morgan fingerprint density at radius 2 is 1.85 bits per heavy atom. The molecule has 1 aliphatic rings. The first kappa shape index (κ1) is 13.2. The lowest BCUT2D eigenvalue weighted by atomic mass is 9.95. The summed E-state index contributed by atoms with van der Waals surface area (Å²) in [6.07, 6.45) is 1.78. The van der Waals surface area contributed by atoms with Crippen LogP contribution in [0.4, 0.5) is 11.4 Å². The van der Waals surface area contributed by atoms with Gasteiger partial charge in [0, 0.05) is 4.47 Å². The van der Waals surface area contributed by atoms with Crippen molar-refractivity contribution in [1.29, 1.82) is 0 Å². The lowest BCUT2D eigenvalue weighted by Crippen LogP contribution is -2.28. The molecule has 1 aliphatic carbocycles. The number of benzene rings is 2. The smallest absolute Gasteiger partial charge is 0.235 e. The van der Waals surface area contributed by atoms with Gasteiger partial charge in [-0.1, -0.05) is 46.3 Å². The van der Waals surface area contributed by atoms with Crippen molar-refractivity contribution in [3.63, 3.8) is 0 Å². The molecule has 0 unspecified atom stereocenters. The van der Waals surface area contributed by atoms with E-state index >= 15 is 0 Å². The van der Waals surface area contributed by atoms with Gasteiger partial charge >= 0.3 is 0 Å². The predicted octanol–water partition coefficient (Wildman–Crippen LogP) is 3.70. The zero-order chi connectivity index (χ0) is 14.2. The Hall–Kier alpha value is -1.81. The van der Waals surface area contributed by atoms with E-state index in [1.54, 1.807) is 6.07 Å². The molecule has 20 heavy (non-hydrogen) atoms. The zero-order valence-corrected chi connectivity index (χ0v) is 12.5.